The van der Waals surface area contributed by atoms with E-state index >= 15 is 0 Å². The van der Waals surface area contributed by atoms with Gasteiger partial charge >= 0.3 is 0 Å². The molecule has 1 fully saturated rings. The highest BCUT2D eigenvalue weighted by Gasteiger charge is 2.34. The SMILES string of the molecule is CCC(=O)N1CCCCC1C(=O)N(CC)CC(C)(C)O. The van der Waals surface area contributed by atoms with Crippen LogP contribution in [0.1, 0.15) is 53.4 Å². The van der Waals surface area contributed by atoms with Crippen LogP contribution in [0, 0.1) is 0 Å². The molecule has 0 spiro atoms. The molecular formula is C15H28N2O3. The minimum atomic E-state index is -0.917. The van der Waals surface area contributed by atoms with Crippen LogP contribution in [0.15, 0.2) is 0 Å². The van der Waals surface area contributed by atoms with Crippen molar-refractivity contribution in [2.75, 3.05) is 19.6 Å². The lowest BCUT2D eigenvalue weighted by atomic mass is 9.99. The summed E-state index contributed by atoms with van der Waals surface area (Å²) < 4.78 is 0. The van der Waals surface area contributed by atoms with E-state index in [1.165, 1.54) is 0 Å². The molecule has 0 aromatic rings. The van der Waals surface area contributed by atoms with Crippen LogP contribution in [0.4, 0.5) is 0 Å². The van der Waals surface area contributed by atoms with Crippen molar-refractivity contribution in [2.24, 2.45) is 0 Å². The van der Waals surface area contributed by atoms with Gasteiger partial charge in [0.15, 0.2) is 0 Å². The summed E-state index contributed by atoms with van der Waals surface area (Å²) in [5.74, 6) is 0.0125. The number of hydrogen-bond acceptors (Lipinski definition) is 3. The zero-order chi connectivity index (χ0) is 15.3. The van der Waals surface area contributed by atoms with Gasteiger partial charge in [-0.15, -0.1) is 0 Å². The Morgan fingerprint density at radius 1 is 1.30 bits per heavy atom. The monoisotopic (exact) mass is 284 g/mol. The topological polar surface area (TPSA) is 60.9 Å². The Hall–Kier alpha value is -1.10. The number of aliphatic hydroxyl groups is 1. The highest BCUT2D eigenvalue weighted by molar-refractivity contribution is 5.87. The van der Waals surface area contributed by atoms with Gasteiger partial charge in [0.1, 0.15) is 6.04 Å². The predicted molar refractivity (Wildman–Crippen MR) is 78.2 cm³/mol. The highest BCUT2D eigenvalue weighted by atomic mass is 16.3. The van der Waals surface area contributed by atoms with Crippen molar-refractivity contribution in [1.82, 2.24) is 9.80 Å². The minimum Gasteiger partial charge on any atom is -0.389 e. The summed E-state index contributed by atoms with van der Waals surface area (Å²) >= 11 is 0. The summed E-state index contributed by atoms with van der Waals surface area (Å²) in [4.78, 5) is 28.0. The first kappa shape index (κ1) is 17.0. The summed E-state index contributed by atoms with van der Waals surface area (Å²) in [6.07, 6.45) is 3.10. The molecule has 0 saturated carbocycles. The molecule has 0 aromatic carbocycles. The van der Waals surface area contributed by atoms with E-state index in [0.717, 1.165) is 19.3 Å². The van der Waals surface area contributed by atoms with Crippen molar-refractivity contribution in [1.29, 1.82) is 0 Å². The lowest BCUT2D eigenvalue weighted by Gasteiger charge is -2.38. The normalized spacial score (nSPS) is 19.9. The van der Waals surface area contributed by atoms with Crippen LogP contribution in [0.5, 0.6) is 0 Å². The van der Waals surface area contributed by atoms with E-state index in [1.54, 1.807) is 23.6 Å². The molecule has 0 aliphatic carbocycles. The van der Waals surface area contributed by atoms with E-state index in [9.17, 15) is 14.7 Å². The average Bonchev–Trinajstić information content (AvgIpc) is 2.42. The van der Waals surface area contributed by atoms with E-state index in [0.29, 0.717) is 26.1 Å². The summed E-state index contributed by atoms with van der Waals surface area (Å²) in [6.45, 7) is 8.63. The molecule has 0 radical (unpaired) electrons. The lowest BCUT2D eigenvalue weighted by molar-refractivity contribution is -0.149. The van der Waals surface area contributed by atoms with E-state index in [2.05, 4.69) is 0 Å². The van der Waals surface area contributed by atoms with E-state index < -0.39 is 5.60 Å². The molecule has 116 valence electrons. The molecule has 20 heavy (non-hydrogen) atoms. The van der Waals surface area contributed by atoms with E-state index in [4.69, 9.17) is 0 Å². The third kappa shape index (κ3) is 4.47. The van der Waals surface area contributed by atoms with E-state index in [-0.39, 0.29) is 17.9 Å². The van der Waals surface area contributed by atoms with Gasteiger partial charge < -0.3 is 14.9 Å². The van der Waals surface area contributed by atoms with Crippen LogP contribution in [-0.2, 0) is 9.59 Å². The number of nitrogens with zero attached hydrogens (tertiary/aromatic N) is 2. The molecule has 0 aromatic heterocycles. The number of likely N-dealkylation sites (tertiary alicyclic amines) is 1. The second-order valence-corrected chi connectivity index (χ2v) is 6.12. The summed E-state index contributed by atoms with van der Waals surface area (Å²) in [5.41, 5.74) is -0.917. The average molecular weight is 284 g/mol. The Kier molecular flexibility index (Phi) is 5.99. The summed E-state index contributed by atoms with van der Waals surface area (Å²) in [6, 6.07) is -0.349. The lowest BCUT2D eigenvalue weighted by Crippen LogP contribution is -2.55. The van der Waals surface area contributed by atoms with Crippen molar-refractivity contribution in [2.45, 2.75) is 65.0 Å². The van der Waals surface area contributed by atoms with Gasteiger partial charge in [-0.3, -0.25) is 9.59 Å². The molecule has 1 saturated heterocycles. The van der Waals surface area contributed by atoms with Crippen molar-refractivity contribution in [3.63, 3.8) is 0 Å². The first-order valence-electron chi connectivity index (χ1n) is 7.60. The number of hydrogen-bond donors (Lipinski definition) is 1. The number of carbonyl (C=O) groups is 2. The fraction of sp³-hybridized carbons (Fsp3) is 0.867. The van der Waals surface area contributed by atoms with Gasteiger partial charge in [0.25, 0.3) is 0 Å². The predicted octanol–water partition coefficient (Wildman–Crippen LogP) is 1.40. The van der Waals surface area contributed by atoms with Gasteiger partial charge in [-0.05, 0) is 40.0 Å². The molecule has 5 heteroatoms. The van der Waals surface area contributed by atoms with Crippen molar-refractivity contribution in [3.8, 4) is 0 Å². The Morgan fingerprint density at radius 3 is 2.45 bits per heavy atom. The van der Waals surface area contributed by atoms with Gasteiger partial charge in [0.05, 0.1) is 5.60 Å². The molecule has 1 aliphatic rings. The van der Waals surface area contributed by atoms with Crippen LogP contribution in [-0.4, -0.2) is 58.0 Å². The fourth-order valence-electron chi connectivity index (χ4n) is 2.71. The second-order valence-electron chi connectivity index (χ2n) is 6.12. The number of carbonyl (C=O) groups excluding carboxylic acids is 2. The third-order valence-corrected chi connectivity index (χ3v) is 3.68. The highest BCUT2D eigenvalue weighted by Crippen LogP contribution is 2.20. The number of piperidine rings is 1. The minimum absolute atomic E-state index is 0.0314. The van der Waals surface area contributed by atoms with Crippen molar-refractivity contribution in [3.05, 3.63) is 0 Å². The molecule has 1 heterocycles. The standard InChI is InChI=1S/C15H28N2O3/c1-5-13(18)17-10-8-7-9-12(17)14(19)16(6-2)11-15(3,4)20/h12,20H,5-11H2,1-4H3. The first-order valence-corrected chi connectivity index (χ1v) is 7.60. The Morgan fingerprint density at radius 2 is 1.95 bits per heavy atom. The smallest absolute Gasteiger partial charge is 0.245 e. The quantitative estimate of drug-likeness (QED) is 0.830. The number of likely N-dealkylation sites (N-methyl/N-ethyl adjacent to an activating group) is 1. The molecule has 5 nitrogen and oxygen atoms in total. The molecule has 1 aliphatic heterocycles. The molecule has 2 amide bonds. The molecule has 1 rings (SSSR count). The van der Waals surface area contributed by atoms with Crippen LogP contribution in [0.3, 0.4) is 0 Å². The van der Waals surface area contributed by atoms with Gasteiger partial charge in [-0.1, -0.05) is 6.92 Å². The maximum absolute atomic E-state index is 12.7. The number of amides is 2. The third-order valence-electron chi connectivity index (χ3n) is 3.68. The molecular weight excluding hydrogens is 256 g/mol. The van der Waals surface area contributed by atoms with Gasteiger partial charge in [-0.25, -0.2) is 0 Å². The molecule has 1 atom stereocenters. The van der Waals surface area contributed by atoms with Crippen LogP contribution >= 0.6 is 0 Å². The molecule has 0 bridgehead atoms. The van der Waals surface area contributed by atoms with Crippen molar-refractivity contribution < 1.29 is 14.7 Å². The Labute approximate surface area is 121 Å². The van der Waals surface area contributed by atoms with E-state index in [1.807, 2.05) is 13.8 Å². The zero-order valence-electron chi connectivity index (χ0n) is 13.2. The van der Waals surface area contributed by atoms with Crippen LogP contribution in [0.2, 0.25) is 0 Å². The zero-order valence-corrected chi connectivity index (χ0v) is 13.2. The van der Waals surface area contributed by atoms with Crippen LogP contribution in [0.25, 0.3) is 0 Å². The Bertz CT molecular complexity index is 350. The summed E-state index contributed by atoms with van der Waals surface area (Å²) in [5, 5.41) is 9.91. The largest absolute Gasteiger partial charge is 0.389 e. The van der Waals surface area contributed by atoms with Gasteiger partial charge in [-0.2, -0.15) is 0 Å². The Balaban J connectivity index is 2.82. The maximum Gasteiger partial charge on any atom is 0.245 e. The van der Waals surface area contributed by atoms with Crippen molar-refractivity contribution >= 4 is 11.8 Å². The fourth-order valence-corrected chi connectivity index (χ4v) is 2.71. The molecule has 1 N–H and O–H groups in total. The molecule has 1 unspecified atom stereocenters. The van der Waals surface area contributed by atoms with Gasteiger partial charge in [0, 0.05) is 26.1 Å². The second kappa shape index (κ2) is 7.07. The summed E-state index contributed by atoms with van der Waals surface area (Å²) in [7, 11) is 0. The maximum atomic E-state index is 12.7. The van der Waals surface area contributed by atoms with Gasteiger partial charge in [0.2, 0.25) is 11.8 Å². The number of rotatable bonds is 5. The van der Waals surface area contributed by atoms with Crippen LogP contribution < -0.4 is 0 Å². The first-order chi connectivity index (χ1) is 9.30.